The lowest BCUT2D eigenvalue weighted by Gasteiger charge is -2.35. The van der Waals surface area contributed by atoms with Crippen LogP contribution in [0.15, 0.2) is 11.5 Å². The van der Waals surface area contributed by atoms with Gasteiger partial charge in [-0.15, -0.1) is 11.3 Å². The molecule has 1 amide bonds. The Balaban J connectivity index is 1.84. The van der Waals surface area contributed by atoms with Gasteiger partial charge in [0.15, 0.2) is 0 Å². The first kappa shape index (κ1) is 18.1. The van der Waals surface area contributed by atoms with Gasteiger partial charge in [-0.2, -0.15) is 0 Å². The standard InChI is InChI=1S/C17H27N3O2S/c1-13(2)10-16(20-6-8-22-9-7-20)11-18-17(21)5-4-15-12-23-14(3)19-15/h4-5,12-13,16H,6-11H2,1-3H3,(H,18,21)/b5-4+. The predicted molar refractivity (Wildman–Crippen MR) is 94.5 cm³/mol. The van der Waals surface area contributed by atoms with Crippen LogP contribution in [0.3, 0.4) is 0 Å². The monoisotopic (exact) mass is 337 g/mol. The number of nitrogens with zero attached hydrogens (tertiary/aromatic N) is 2. The maximum Gasteiger partial charge on any atom is 0.244 e. The molecule has 0 spiro atoms. The maximum absolute atomic E-state index is 12.0. The molecule has 0 radical (unpaired) electrons. The third-order valence-electron chi connectivity index (χ3n) is 3.86. The number of carbonyl (C=O) groups is 1. The van der Waals surface area contributed by atoms with Gasteiger partial charge < -0.3 is 10.1 Å². The summed E-state index contributed by atoms with van der Waals surface area (Å²) in [6.07, 6.45) is 4.42. The van der Waals surface area contributed by atoms with E-state index in [1.165, 1.54) is 0 Å². The molecule has 1 aromatic heterocycles. The van der Waals surface area contributed by atoms with E-state index in [4.69, 9.17) is 4.74 Å². The summed E-state index contributed by atoms with van der Waals surface area (Å²) in [6.45, 7) is 10.5. The van der Waals surface area contributed by atoms with Gasteiger partial charge in [0, 0.05) is 37.1 Å². The van der Waals surface area contributed by atoms with Crippen molar-refractivity contribution in [3.63, 3.8) is 0 Å². The van der Waals surface area contributed by atoms with Crippen LogP contribution in [0.2, 0.25) is 0 Å². The predicted octanol–water partition coefficient (Wildman–Crippen LogP) is 2.33. The highest BCUT2D eigenvalue weighted by molar-refractivity contribution is 7.09. The van der Waals surface area contributed by atoms with Crippen LogP contribution in [0.4, 0.5) is 0 Å². The molecule has 1 saturated heterocycles. The minimum atomic E-state index is -0.0577. The smallest absolute Gasteiger partial charge is 0.244 e. The fourth-order valence-electron chi connectivity index (χ4n) is 2.74. The molecule has 5 nitrogen and oxygen atoms in total. The Labute approximate surface area is 142 Å². The van der Waals surface area contributed by atoms with Gasteiger partial charge in [0.25, 0.3) is 0 Å². The molecule has 1 aromatic rings. The molecule has 1 aliphatic heterocycles. The Morgan fingerprint density at radius 3 is 2.83 bits per heavy atom. The first-order valence-corrected chi connectivity index (χ1v) is 9.12. The van der Waals surface area contributed by atoms with Crippen LogP contribution in [0.1, 0.15) is 31.0 Å². The number of nitrogens with one attached hydrogen (secondary N) is 1. The topological polar surface area (TPSA) is 54.5 Å². The number of morpholine rings is 1. The Kier molecular flexibility index (Phi) is 7.20. The lowest BCUT2D eigenvalue weighted by molar-refractivity contribution is -0.116. The zero-order valence-electron chi connectivity index (χ0n) is 14.2. The summed E-state index contributed by atoms with van der Waals surface area (Å²) in [6, 6.07) is 0.373. The van der Waals surface area contributed by atoms with Gasteiger partial charge in [-0.25, -0.2) is 4.98 Å². The highest BCUT2D eigenvalue weighted by Gasteiger charge is 2.22. The Morgan fingerprint density at radius 1 is 1.48 bits per heavy atom. The molecular formula is C17H27N3O2S. The van der Waals surface area contributed by atoms with Crippen molar-refractivity contribution >= 4 is 23.3 Å². The highest BCUT2D eigenvalue weighted by atomic mass is 32.1. The number of rotatable bonds is 7. The van der Waals surface area contributed by atoms with E-state index >= 15 is 0 Å². The number of amides is 1. The van der Waals surface area contributed by atoms with Crippen molar-refractivity contribution in [2.75, 3.05) is 32.8 Å². The van der Waals surface area contributed by atoms with Crippen LogP contribution in [0, 0.1) is 12.8 Å². The molecule has 0 bridgehead atoms. The third-order valence-corrected chi connectivity index (χ3v) is 4.65. The van der Waals surface area contributed by atoms with Gasteiger partial charge in [-0.3, -0.25) is 9.69 Å². The van der Waals surface area contributed by atoms with E-state index in [2.05, 4.69) is 29.0 Å². The van der Waals surface area contributed by atoms with Crippen molar-refractivity contribution in [2.24, 2.45) is 5.92 Å². The molecular weight excluding hydrogens is 310 g/mol. The van der Waals surface area contributed by atoms with E-state index in [1.807, 2.05) is 12.3 Å². The first-order chi connectivity index (χ1) is 11.0. The van der Waals surface area contributed by atoms with Gasteiger partial charge >= 0.3 is 0 Å². The van der Waals surface area contributed by atoms with E-state index in [0.29, 0.717) is 18.5 Å². The number of thiazole rings is 1. The second-order valence-corrected chi connectivity index (χ2v) is 7.36. The van der Waals surface area contributed by atoms with E-state index in [9.17, 15) is 4.79 Å². The molecule has 128 valence electrons. The van der Waals surface area contributed by atoms with Crippen LogP contribution in [-0.2, 0) is 9.53 Å². The summed E-state index contributed by atoms with van der Waals surface area (Å²) in [4.78, 5) is 18.8. The quantitative estimate of drug-likeness (QED) is 0.776. The van der Waals surface area contributed by atoms with Gasteiger partial charge in [0.1, 0.15) is 0 Å². The summed E-state index contributed by atoms with van der Waals surface area (Å²) >= 11 is 1.59. The lowest BCUT2D eigenvalue weighted by Crippen LogP contribution is -2.49. The summed E-state index contributed by atoms with van der Waals surface area (Å²) in [5.41, 5.74) is 0.842. The minimum Gasteiger partial charge on any atom is -0.379 e. The molecule has 2 heterocycles. The van der Waals surface area contributed by atoms with Gasteiger partial charge in [-0.05, 0) is 25.3 Å². The number of hydrogen-bond acceptors (Lipinski definition) is 5. The summed E-state index contributed by atoms with van der Waals surface area (Å²) in [7, 11) is 0. The molecule has 1 aliphatic rings. The van der Waals surface area contributed by atoms with Gasteiger partial charge in [0.05, 0.1) is 23.9 Å². The molecule has 1 N–H and O–H groups in total. The second-order valence-electron chi connectivity index (χ2n) is 6.30. The number of aryl methyl sites for hydroxylation is 1. The van der Waals surface area contributed by atoms with E-state index in [-0.39, 0.29) is 5.91 Å². The molecule has 1 fully saturated rings. The molecule has 1 atom stereocenters. The fourth-order valence-corrected chi connectivity index (χ4v) is 3.32. The van der Waals surface area contributed by atoms with E-state index in [0.717, 1.165) is 43.4 Å². The summed E-state index contributed by atoms with van der Waals surface area (Å²) in [5.74, 6) is 0.547. The average Bonchev–Trinajstić information content (AvgIpc) is 2.95. The van der Waals surface area contributed by atoms with Crippen molar-refractivity contribution in [1.29, 1.82) is 0 Å². The normalized spacial score (nSPS) is 17.7. The molecule has 23 heavy (non-hydrogen) atoms. The summed E-state index contributed by atoms with van der Waals surface area (Å²) < 4.78 is 5.42. The van der Waals surface area contributed by atoms with Crippen LogP contribution in [0.25, 0.3) is 6.08 Å². The van der Waals surface area contributed by atoms with Gasteiger partial charge in [0.2, 0.25) is 5.91 Å². The highest BCUT2D eigenvalue weighted by Crippen LogP contribution is 2.13. The number of aromatic nitrogens is 1. The zero-order valence-corrected chi connectivity index (χ0v) is 15.1. The lowest BCUT2D eigenvalue weighted by atomic mass is 10.0. The van der Waals surface area contributed by atoms with Crippen molar-refractivity contribution in [3.8, 4) is 0 Å². The Hall–Kier alpha value is -1.24. The molecule has 1 unspecified atom stereocenters. The largest absolute Gasteiger partial charge is 0.379 e. The molecule has 0 saturated carbocycles. The van der Waals surface area contributed by atoms with Crippen molar-refractivity contribution < 1.29 is 9.53 Å². The number of carbonyl (C=O) groups excluding carboxylic acids is 1. The maximum atomic E-state index is 12.0. The van der Waals surface area contributed by atoms with Crippen molar-refractivity contribution in [3.05, 3.63) is 22.2 Å². The van der Waals surface area contributed by atoms with Crippen LogP contribution < -0.4 is 5.32 Å². The van der Waals surface area contributed by atoms with Crippen molar-refractivity contribution in [2.45, 2.75) is 33.2 Å². The van der Waals surface area contributed by atoms with Crippen LogP contribution in [-0.4, -0.2) is 54.7 Å². The van der Waals surface area contributed by atoms with Gasteiger partial charge in [-0.1, -0.05) is 13.8 Å². The summed E-state index contributed by atoms with van der Waals surface area (Å²) in [5, 5.41) is 5.99. The van der Waals surface area contributed by atoms with Crippen LogP contribution in [0.5, 0.6) is 0 Å². The number of hydrogen-bond donors (Lipinski definition) is 1. The van der Waals surface area contributed by atoms with E-state index in [1.54, 1.807) is 23.5 Å². The first-order valence-electron chi connectivity index (χ1n) is 8.24. The molecule has 6 heteroatoms. The number of ether oxygens (including phenoxy) is 1. The SMILES string of the molecule is Cc1nc(/C=C/C(=O)NCC(CC(C)C)N2CCOCC2)cs1. The van der Waals surface area contributed by atoms with Crippen molar-refractivity contribution in [1.82, 2.24) is 15.2 Å². The second kappa shape index (κ2) is 9.15. The Bertz CT molecular complexity index is 522. The Morgan fingerprint density at radius 2 is 2.22 bits per heavy atom. The van der Waals surface area contributed by atoms with Crippen LogP contribution >= 0.6 is 11.3 Å². The fraction of sp³-hybridized carbons (Fsp3) is 0.647. The zero-order chi connectivity index (χ0) is 16.7. The molecule has 2 rings (SSSR count). The molecule has 0 aliphatic carbocycles. The van der Waals surface area contributed by atoms with E-state index < -0.39 is 0 Å². The average molecular weight is 337 g/mol. The third kappa shape index (κ3) is 6.41. The molecule has 0 aromatic carbocycles. The minimum absolute atomic E-state index is 0.0577.